The lowest BCUT2D eigenvalue weighted by Gasteiger charge is -2.17. The summed E-state index contributed by atoms with van der Waals surface area (Å²) in [5.74, 6) is 0.440. The molecule has 0 unspecified atom stereocenters. The number of carbonyl (C=O) groups is 2. The number of amides is 2. The minimum absolute atomic E-state index is 0.192. The molecule has 2 N–H and O–H groups in total. The molecule has 7 heteroatoms. The van der Waals surface area contributed by atoms with Crippen molar-refractivity contribution in [2.24, 2.45) is 0 Å². The van der Waals surface area contributed by atoms with E-state index in [0.717, 1.165) is 44.2 Å². The van der Waals surface area contributed by atoms with Gasteiger partial charge in [0.15, 0.2) is 5.82 Å². The Morgan fingerprint density at radius 1 is 1.21 bits per heavy atom. The predicted octanol–water partition coefficient (Wildman–Crippen LogP) is 3.40. The molecule has 7 nitrogen and oxygen atoms in total. The lowest BCUT2D eigenvalue weighted by Crippen LogP contribution is -2.26. The molecule has 150 valence electrons. The third-order valence-electron chi connectivity index (χ3n) is 4.93. The number of benzene rings is 1. The van der Waals surface area contributed by atoms with Crippen LogP contribution in [0.4, 0.5) is 5.69 Å². The number of nitrogens with zero attached hydrogens (tertiary/aromatic N) is 2. The van der Waals surface area contributed by atoms with Crippen molar-refractivity contribution in [3.05, 3.63) is 41.5 Å². The third-order valence-corrected chi connectivity index (χ3v) is 4.93. The molecule has 1 aliphatic rings. The summed E-state index contributed by atoms with van der Waals surface area (Å²) < 4.78 is 7.09. The predicted molar refractivity (Wildman–Crippen MR) is 108 cm³/mol. The fourth-order valence-corrected chi connectivity index (χ4v) is 3.45. The van der Waals surface area contributed by atoms with E-state index in [1.165, 1.54) is 0 Å². The van der Waals surface area contributed by atoms with E-state index in [2.05, 4.69) is 22.5 Å². The zero-order chi connectivity index (χ0) is 19.9. The van der Waals surface area contributed by atoms with Crippen molar-refractivity contribution in [1.82, 2.24) is 14.9 Å². The van der Waals surface area contributed by atoms with Gasteiger partial charge in [-0.05, 0) is 37.8 Å². The number of carbonyl (C=O) groups excluding carboxylic acids is 2. The van der Waals surface area contributed by atoms with Gasteiger partial charge in [0, 0.05) is 24.8 Å². The number of aromatic nitrogens is 2. The van der Waals surface area contributed by atoms with Gasteiger partial charge in [-0.25, -0.2) is 4.98 Å². The van der Waals surface area contributed by atoms with Gasteiger partial charge < -0.3 is 19.9 Å². The van der Waals surface area contributed by atoms with Crippen molar-refractivity contribution in [2.75, 3.05) is 19.0 Å². The second-order valence-corrected chi connectivity index (χ2v) is 6.99. The number of unbranched alkanes of at least 4 members (excludes halogenated alkanes) is 2. The number of imidazole rings is 1. The van der Waals surface area contributed by atoms with E-state index in [1.807, 2.05) is 16.7 Å². The number of anilines is 1. The molecule has 1 aliphatic heterocycles. The highest BCUT2D eigenvalue weighted by Gasteiger charge is 2.27. The summed E-state index contributed by atoms with van der Waals surface area (Å²) in [5.41, 5.74) is 1.87. The summed E-state index contributed by atoms with van der Waals surface area (Å²) in [7, 11) is 1.58. The van der Waals surface area contributed by atoms with Crippen molar-refractivity contribution in [3.8, 4) is 5.75 Å². The molecule has 0 spiro atoms. The van der Waals surface area contributed by atoms with Crippen LogP contribution in [0.15, 0.2) is 24.3 Å². The van der Waals surface area contributed by atoms with Gasteiger partial charge in [-0.1, -0.05) is 25.8 Å². The van der Waals surface area contributed by atoms with Crippen LogP contribution in [0.2, 0.25) is 0 Å². The number of nitrogens with one attached hydrogen (secondary N) is 2. The van der Waals surface area contributed by atoms with Crippen LogP contribution in [-0.4, -0.2) is 35.0 Å². The Kier molecular flexibility index (Phi) is 6.68. The molecule has 1 aromatic carbocycles. The molecular weight excluding hydrogens is 356 g/mol. The van der Waals surface area contributed by atoms with Gasteiger partial charge in [0.05, 0.1) is 12.8 Å². The van der Waals surface area contributed by atoms with Crippen LogP contribution >= 0.6 is 0 Å². The van der Waals surface area contributed by atoms with E-state index in [1.54, 1.807) is 19.2 Å². The normalized spacial score (nSPS) is 12.9. The third kappa shape index (κ3) is 4.52. The topological polar surface area (TPSA) is 85.2 Å². The molecule has 0 aliphatic carbocycles. The fourth-order valence-electron chi connectivity index (χ4n) is 3.45. The maximum atomic E-state index is 12.9. The number of fused-ring (bicyclic) bond motifs is 1. The monoisotopic (exact) mass is 384 g/mol. The van der Waals surface area contributed by atoms with Crippen LogP contribution in [-0.2, 0) is 13.0 Å². The first kappa shape index (κ1) is 19.9. The van der Waals surface area contributed by atoms with Crippen LogP contribution in [0.25, 0.3) is 0 Å². The molecule has 0 atom stereocenters. The summed E-state index contributed by atoms with van der Waals surface area (Å²) >= 11 is 0. The number of hydrogen-bond acceptors (Lipinski definition) is 4. The highest BCUT2D eigenvalue weighted by Crippen LogP contribution is 2.23. The molecule has 2 aromatic rings. The lowest BCUT2D eigenvalue weighted by molar-refractivity contribution is 0.0947. The van der Waals surface area contributed by atoms with Crippen molar-refractivity contribution < 1.29 is 14.3 Å². The van der Waals surface area contributed by atoms with Crippen LogP contribution in [0.1, 0.15) is 65.8 Å². The van der Waals surface area contributed by atoms with Gasteiger partial charge in [-0.3, -0.25) is 9.59 Å². The van der Waals surface area contributed by atoms with E-state index >= 15 is 0 Å². The van der Waals surface area contributed by atoms with Gasteiger partial charge in [0.2, 0.25) is 0 Å². The second kappa shape index (κ2) is 9.39. The molecule has 0 fully saturated rings. The highest BCUT2D eigenvalue weighted by molar-refractivity contribution is 6.03. The molecule has 0 bridgehead atoms. The van der Waals surface area contributed by atoms with Crippen molar-refractivity contribution in [1.29, 1.82) is 0 Å². The molecule has 0 radical (unpaired) electrons. The van der Waals surface area contributed by atoms with Crippen molar-refractivity contribution in [3.63, 3.8) is 0 Å². The second-order valence-electron chi connectivity index (χ2n) is 6.99. The SMILES string of the molecule is CCCCCNC(=O)c1nc(C(=O)Nc2cccc(OC)c2)n2c1CCCC2. The Hall–Kier alpha value is -2.83. The molecule has 3 rings (SSSR count). The molecular formula is C21H28N4O3. The number of ether oxygens (including phenoxy) is 1. The number of methoxy groups -OCH3 is 1. The Bertz CT molecular complexity index is 844. The molecule has 1 aromatic heterocycles. The average Bonchev–Trinajstić information content (AvgIpc) is 3.11. The molecule has 28 heavy (non-hydrogen) atoms. The average molecular weight is 384 g/mol. The minimum Gasteiger partial charge on any atom is -0.497 e. The van der Waals surface area contributed by atoms with Crippen LogP contribution in [0, 0.1) is 0 Å². The molecule has 0 saturated heterocycles. The van der Waals surface area contributed by atoms with E-state index in [9.17, 15) is 9.59 Å². The maximum absolute atomic E-state index is 12.9. The first-order chi connectivity index (χ1) is 13.6. The lowest BCUT2D eigenvalue weighted by atomic mass is 10.1. The Labute approximate surface area is 165 Å². The number of rotatable bonds is 8. The summed E-state index contributed by atoms with van der Waals surface area (Å²) in [6.45, 7) is 3.46. The molecule has 2 amide bonds. The summed E-state index contributed by atoms with van der Waals surface area (Å²) in [6.07, 6.45) is 5.86. The summed E-state index contributed by atoms with van der Waals surface area (Å²) in [6, 6.07) is 7.17. The summed E-state index contributed by atoms with van der Waals surface area (Å²) in [5, 5.41) is 5.80. The first-order valence-electron chi connectivity index (χ1n) is 9.97. The van der Waals surface area contributed by atoms with Crippen molar-refractivity contribution >= 4 is 17.5 Å². The quantitative estimate of drug-likeness (QED) is 0.683. The first-order valence-corrected chi connectivity index (χ1v) is 9.97. The zero-order valence-electron chi connectivity index (χ0n) is 16.6. The van der Waals surface area contributed by atoms with Gasteiger partial charge in [0.25, 0.3) is 11.8 Å². The van der Waals surface area contributed by atoms with Gasteiger partial charge in [0.1, 0.15) is 11.4 Å². The highest BCUT2D eigenvalue weighted by atomic mass is 16.5. The van der Waals surface area contributed by atoms with Crippen LogP contribution in [0.3, 0.4) is 0 Å². The fraction of sp³-hybridized carbons (Fsp3) is 0.476. The van der Waals surface area contributed by atoms with Gasteiger partial charge in [-0.15, -0.1) is 0 Å². The Morgan fingerprint density at radius 3 is 2.86 bits per heavy atom. The van der Waals surface area contributed by atoms with E-state index in [4.69, 9.17) is 4.74 Å². The van der Waals surface area contributed by atoms with Crippen molar-refractivity contribution in [2.45, 2.75) is 52.0 Å². The van der Waals surface area contributed by atoms with Gasteiger partial charge >= 0.3 is 0 Å². The smallest absolute Gasteiger partial charge is 0.291 e. The van der Waals surface area contributed by atoms with E-state index in [-0.39, 0.29) is 17.6 Å². The Balaban J connectivity index is 1.79. The van der Waals surface area contributed by atoms with E-state index in [0.29, 0.717) is 30.2 Å². The van der Waals surface area contributed by atoms with Gasteiger partial charge in [-0.2, -0.15) is 0 Å². The Morgan fingerprint density at radius 2 is 2.07 bits per heavy atom. The number of hydrogen-bond donors (Lipinski definition) is 2. The molecule has 2 heterocycles. The largest absolute Gasteiger partial charge is 0.497 e. The van der Waals surface area contributed by atoms with E-state index < -0.39 is 0 Å². The summed E-state index contributed by atoms with van der Waals surface area (Å²) in [4.78, 5) is 29.9. The minimum atomic E-state index is -0.318. The molecule has 0 saturated carbocycles. The standard InChI is InChI=1S/C21H28N4O3/c1-3-4-6-12-22-20(26)18-17-11-5-7-13-25(17)19(24-18)21(27)23-15-9-8-10-16(14-15)28-2/h8-10,14H,3-7,11-13H2,1-2H3,(H,22,26)(H,23,27). The van der Waals surface area contributed by atoms with Crippen LogP contribution < -0.4 is 15.4 Å². The van der Waals surface area contributed by atoms with Crippen LogP contribution in [0.5, 0.6) is 5.75 Å². The zero-order valence-corrected chi connectivity index (χ0v) is 16.6. The maximum Gasteiger partial charge on any atom is 0.291 e.